The van der Waals surface area contributed by atoms with E-state index in [1.165, 1.54) is 5.56 Å². The van der Waals surface area contributed by atoms with Crippen LogP contribution in [-0.2, 0) is 6.42 Å². The summed E-state index contributed by atoms with van der Waals surface area (Å²) in [5.74, 6) is 0.911. The minimum atomic E-state index is -0.342. The molecule has 0 bridgehead atoms. The van der Waals surface area contributed by atoms with Gasteiger partial charge in [-0.15, -0.1) is 0 Å². The highest BCUT2D eigenvalue weighted by atomic mass is 16.2. The van der Waals surface area contributed by atoms with Crippen LogP contribution < -0.4 is 20.9 Å². The van der Waals surface area contributed by atoms with E-state index in [1.54, 1.807) is 6.07 Å². The van der Waals surface area contributed by atoms with Crippen LogP contribution in [0.25, 0.3) is 0 Å². The third kappa shape index (κ3) is 7.79. The Kier molecular flexibility index (Phi) is 8.59. The second-order valence-electron chi connectivity index (χ2n) is 10.8. The summed E-state index contributed by atoms with van der Waals surface area (Å²) in [6, 6.07) is 16.0. The average molecular weight is 465 g/mol. The molecular formula is C28H40N4O2. The molecule has 3 N–H and O–H groups in total. The number of hydrogen-bond acceptors (Lipinski definition) is 3. The van der Waals surface area contributed by atoms with Crippen molar-refractivity contribution in [3.8, 4) is 0 Å². The molecule has 3 rings (SSSR count). The van der Waals surface area contributed by atoms with Gasteiger partial charge in [0, 0.05) is 36.5 Å². The summed E-state index contributed by atoms with van der Waals surface area (Å²) in [7, 11) is 0. The third-order valence-electron chi connectivity index (χ3n) is 5.98. The minimum Gasteiger partial charge on any atom is -0.371 e. The van der Waals surface area contributed by atoms with Gasteiger partial charge in [-0.1, -0.05) is 44.2 Å². The number of nitrogens with zero attached hydrogens (tertiary/aromatic N) is 1. The van der Waals surface area contributed by atoms with Crippen molar-refractivity contribution in [1.29, 1.82) is 0 Å². The summed E-state index contributed by atoms with van der Waals surface area (Å²) in [6.07, 6.45) is 3.29. The molecule has 1 aliphatic heterocycles. The lowest BCUT2D eigenvalue weighted by atomic mass is 9.89. The number of urea groups is 1. The first-order chi connectivity index (χ1) is 16.1. The molecule has 1 aliphatic rings. The van der Waals surface area contributed by atoms with Crippen LogP contribution >= 0.6 is 0 Å². The Morgan fingerprint density at radius 1 is 1.03 bits per heavy atom. The SMILES string of the molecule is CC(C)CNC(=O)c1cc(NC(=O)NC(C)(C)C)ccc1N1CCC(Cc2ccccc2)CC1. The summed E-state index contributed by atoms with van der Waals surface area (Å²) >= 11 is 0. The van der Waals surface area contributed by atoms with Crippen LogP contribution in [-0.4, -0.2) is 37.1 Å². The van der Waals surface area contributed by atoms with Gasteiger partial charge in [0.1, 0.15) is 0 Å². The van der Waals surface area contributed by atoms with E-state index in [1.807, 2.05) is 32.9 Å². The van der Waals surface area contributed by atoms with Gasteiger partial charge in [-0.25, -0.2) is 4.79 Å². The third-order valence-corrected chi connectivity index (χ3v) is 5.98. The van der Waals surface area contributed by atoms with E-state index >= 15 is 0 Å². The smallest absolute Gasteiger partial charge is 0.319 e. The van der Waals surface area contributed by atoms with Gasteiger partial charge >= 0.3 is 6.03 Å². The maximum absolute atomic E-state index is 13.1. The molecule has 2 aromatic rings. The fraction of sp³-hybridized carbons (Fsp3) is 0.500. The Bertz CT molecular complexity index is 958. The van der Waals surface area contributed by atoms with E-state index < -0.39 is 0 Å². The van der Waals surface area contributed by atoms with Crippen molar-refractivity contribution in [2.24, 2.45) is 11.8 Å². The molecular weight excluding hydrogens is 424 g/mol. The maximum Gasteiger partial charge on any atom is 0.319 e. The van der Waals surface area contributed by atoms with Crippen molar-refractivity contribution >= 4 is 23.3 Å². The zero-order valence-electron chi connectivity index (χ0n) is 21.3. The van der Waals surface area contributed by atoms with Crippen molar-refractivity contribution in [1.82, 2.24) is 10.6 Å². The number of amides is 3. The topological polar surface area (TPSA) is 73.5 Å². The van der Waals surface area contributed by atoms with Crippen molar-refractivity contribution in [2.75, 3.05) is 29.9 Å². The molecule has 0 aromatic heterocycles. The highest BCUT2D eigenvalue weighted by molar-refractivity contribution is 6.02. The van der Waals surface area contributed by atoms with Crippen LogP contribution in [0.1, 0.15) is 63.4 Å². The quantitative estimate of drug-likeness (QED) is 0.510. The number of carbonyl (C=O) groups is 2. The van der Waals surface area contributed by atoms with E-state index in [0.29, 0.717) is 29.6 Å². The number of carbonyl (C=O) groups excluding carboxylic acids is 2. The molecule has 6 nitrogen and oxygen atoms in total. The fourth-order valence-corrected chi connectivity index (χ4v) is 4.29. The van der Waals surface area contributed by atoms with Crippen molar-refractivity contribution in [3.63, 3.8) is 0 Å². The normalized spacial score (nSPS) is 14.7. The molecule has 1 saturated heterocycles. The van der Waals surface area contributed by atoms with Crippen LogP contribution in [0.15, 0.2) is 48.5 Å². The van der Waals surface area contributed by atoms with Crippen LogP contribution in [0.3, 0.4) is 0 Å². The van der Waals surface area contributed by atoms with Gasteiger partial charge in [0.25, 0.3) is 5.91 Å². The Labute approximate surface area is 204 Å². The molecule has 6 heteroatoms. The highest BCUT2D eigenvalue weighted by Crippen LogP contribution is 2.30. The second kappa shape index (κ2) is 11.4. The highest BCUT2D eigenvalue weighted by Gasteiger charge is 2.24. The molecule has 0 radical (unpaired) electrons. The molecule has 2 aromatic carbocycles. The van der Waals surface area contributed by atoms with Gasteiger partial charge in [0.05, 0.1) is 5.56 Å². The number of nitrogens with one attached hydrogen (secondary N) is 3. The number of piperidine rings is 1. The van der Waals surface area contributed by atoms with Gasteiger partial charge < -0.3 is 20.9 Å². The van der Waals surface area contributed by atoms with Gasteiger partial charge in [0.15, 0.2) is 0 Å². The first-order valence-electron chi connectivity index (χ1n) is 12.4. The summed E-state index contributed by atoms with van der Waals surface area (Å²) in [5.41, 5.74) is 3.20. The number of anilines is 2. The van der Waals surface area contributed by atoms with Crippen LogP contribution in [0.4, 0.5) is 16.2 Å². The number of rotatable bonds is 7. The molecule has 184 valence electrons. The minimum absolute atomic E-state index is 0.102. The zero-order chi connectivity index (χ0) is 24.7. The van der Waals surface area contributed by atoms with Crippen molar-refractivity contribution in [2.45, 2.75) is 59.4 Å². The van der Waals surface area contributed by atoms with Crippen LogP contribution in [0.2, 0.25) is 0 Å². The van der Waals surface area contributed by atoms with Gasteiger partial charge in [-0.05, 0) is 75.6 Å². The summed E-state index contributed by atoms with van der Waals surface area (Å²) < 4.78 is 0. The van der Waals surface area contributed by atoms with Crippen LogP contribution in [0.5, 0.6) is 0 Å². The van der Waals surface area contributed by atoms with E-state index in [0.717, 1.165) is 38.0 Å². The Morgan fingerprint density at radius 3 is 2.32 bits per heavy atom. The molecule has 0 saturated carbocycles. The van der Waals surface area contributed by atoms with E-state index in [4.69, 9.17) is 0 Å². The predicted molar refractivity (Wildman–Crippen MR) is 141 cm³/mol. The van der Waals surface area contributed by atoms with Crippen molar-refractivity contribution < 1.29 is 9.59 Å². The Morgan fingerprint density at radius 2 is 1.71 bits per heavy atom. The lowest BCUT2D eigenvalue weighted by molar-refractivity contribution is 0.0949. The lowest BCUT2D eigenvalue weighted by Crippen LogP contribution is -2.43. The lowest BCUT2D eigenvalue weighted by Gasteiger charge is -2.35. The van der Waals surface area contributed by atoms with E-state index in [9.17, 15) is 9.59 Å². The molecule has 34 heavy (non-hydrogen) atoms. The van der Waals surface area contributed by atoms with E-state index in [-0.39, 0.29) is 17.5 Å². The molecule has 1 heterocycles. The van der Waals surface area contributed by atoms with Gasteiger partial charge in [0.2, 0.25) is 0 Å². The Hall–Kier alpha value is -3.02. The van der Waals surface area contributed by atoms with Gasteiger partial charge in [-0.2, -0.15) is 0 Å². The Balaban J connectivity index is 1.73. The first-order valence-corrected chi connectivity index (χ1v) is 12.4. The molecule has 0 aliphatic carbocycles. The van der Waals surface area contributed by atoms with Crippen LogP contribution in [0, 0.1) is 11.8 Å². The zero-order valence-corrected chi connectivity index (χ0v) is 21.3. The molecule has 0 spiro atoms. The largest absolute Gasteiger partial charge is 0.371 e. The summed E-state index contributed by atoms with van der Waals surface area (Å²) in [6.45, 7) is 12.4. The fourth-order valence-electron chi connectivity index (χ4n) is 4.29. The van der Waals surface area contributed by atoms with E-state index in [2.05, 4.69) is 65.0 Å². The number of benzene rings is 2. The number of hydrogen-bond donors (Lipinski definition) is 3. The molecule has 1 fully saturated rings. The molecule has 0 atom stereocenters. The summed E-state index contributed by atoms with van der Waals surface area (Å²) in [5, 5.41) is 8.82. The average Bonchev–Trinajstić information content (AvgIpc) is 2.77. The molecule has 3 amide bonds. The standard InChI is InChI=1S/C28H40N4O2/c1-20(2)19-29-26(33)24-18-23(30-27(34)31-28(3,4)5)11-12-25(24)32-15-13-22(14-16-32)17-21-9-7-6-8-10-21/h6-12,18,20,22H,13-17,19H2,1-5H3,(H,29,33)(H2,30,31,34). The monoisotopic (exact) mass is 464 g/mol. The predicted octanol–water partition coefficient (Wildman–Crippen LogP) is 5.45. The van der Waals surface area contributed by atoms with Crippen molar-refractivity contribution in [3.05, 3.63) is 59.7 Å². The maximum atomic E-state index is 13.1. The first kappa shape index (κ1) is 25.6. The molecule has 0 unspecified atom stereocenters. The van der Waals surface area contributed by atoms with Gasteiger partial charge in [-0.3, -0.25) is 4.79 Å². The summed E-state index contributed by atoms with van der Waals surface area (Å²) in [4.78, 5) is 27.8. The second-order valence-corrected chi connectivity index (χ2v) is 10.8.